The molecule has 3 aromatic rings. The molecule has 4 atom stereocenters. The van der Waals surface area contributed by atoms with Gasteiger partial charge in [0, 0.05) is 73.7 Å². The van der Waals surface area contributed by atoms with Gasteiger partial charge in [0.2, 0.25) is 11.8 Å². The maximum atomic E-state index is 13.8. The molecule has 1 aliphatic carbocycles. The van der Waals surface area contributed by atoms with E-state index in [1.165, 1.54) is 0 Å². The number of nitriles is 1. The highest BCUT2D eigenvalue weighted by molar-refractivity contribution is 6.31. The fourth-order valence-corrected chi connectivity index (χ4v) is 12.1. The second kappa shape index (κ2) is 16.1. The van der Waals surface area contributed by atoms with Crippen molar-refractivity contribution in [3.63, 3.8) is 0 Å². The van der Waals surface area contributed by atoms with Crippen LogP contribution in [0.25, 0.3) is 0 Å². The molecule has 0 radical (unpaired) electrons. The molecule has 0 bridgehead atoms. The van der Waals surface area contributed by atoms with Gasteiger partial charge in [-0.15, -0.1) is 0 Å². The number of benzene rings is 2. The Kier molecular flexibility index (Phi) is 10.9. The van der Waals surface area contributed by atoms with Crippen molar-refractivity contribution in [2.24, 2.45) is 22.7 Å². The van der Waals surface area contributed by atoms with Crippen LogP contribution in [-0.4, -0.2) is 99.6 Å². The predicted molar refractivity (Wildman–Crippen MR) is 235 cm³/mol. The third-order valence-corrected chi connectivity index (χ3v) is 14.7. The Morgan fingerprint density at radius 2 is 1.60 bits per heavy atom. The summed E-state index contributed by atoms with van der Waals surface area (Å²) in [6.45, 7) is 14.8. The van der Waals surface area contributed by atoms with E-state index in [-0.39, 0.29) is 41.7 Å². The molecule has 3 saturated heterocycles. The highest BCUT2D eigenvalue weighted by Crippen LogP contribution is 2.59. The van der Waals surface area contributed by atoms with Crippen LogP contribution in [0, 0.1) is 45.8 Å². The molecule has 5 aliphatic heterocycles. The molecule has 14 heteroatoms. The summed E-state index contributed by atoms with van der Waals surface area (Å²) in [7, 11) is 0. The number of imide groups is 2. The first-order chi connectivity index (χ1) is 30.1. The van der Waals surface area contributed by atoms with E-state index in [0.29, 0.717) is 63.1 Å². The van der Waals surface area contributed by atoms with E-state index in [9.17, 15) is 29.2 Å². The molecule has 0 spiro atoms. The number of nitrogens with one attached hydrogen (secondary N) is 1. The van der Waals surface area contributed by atoms with Crippen molar-refractivity contribution in [2.75, 3.05) is 31.1 Å². The zero-order valence-electron chi connectivity index (χ0n) is 36.4. The number of carbonyl (C=O) groups excluding carboxylic acids is 5. The number of hydrogen-bond acceptors (Lipinski definition) is 10. The van der Waals surface area contributed by atoms with Gasteiger partial charge in [-0.2, -0.15) is 5.26 Å². The average Bonchev–Trinajstić information content (AvgIpc) is 3.98. The number of piperidine rings is 1. The standard InChI is InChI=1S/C49H52ClN7O6/c1-6-9-32(54-23-29-25-55(26-30(29)24-54)33-14-17-35-37(20-33)45(62)57(44(35)61)40-18-19-41(58)53-42(40)59)11-8-7-10-31-13-16-36-39(52-31)27-56(43(36)60)46-48(2,3)47(49(46,4)5)63-34-15-12-28(22-51)38(50)21-34/h12-17,20-21,29-30,32,40,46-47H,6,8-9,11,18-19,23-27H2,1-5H3,(H,53,58,59). The van der Waals surface area contributed by atoms with E-state index in [1.807, 2.05) is 23.1 Å². The van der Waals surface area contributed by atoms with Crippen LogP contribution in [0.2, 0.25) is 5.02 Å². The molecule has 63 heavy (non-hydrogen) atoms. The highest BCUT2D eigenvalue weighted by atomic mass is 35.5. The first-order valence-electron chi connectivity index (χ1n) is 22.1. The quantitative estimate of drug-likeness (QED) is 0.184. The van der Waals surface area contributed by atoms with Crippen LogP contribution in [0.1, 0.15) is 121 Å². The van der Waals surface area contributed by atoms with Gasteiger partial charge in [-0.05, 0) is 79.5 Å². The second-order valence-electron chi connectivity index (χ2n) is 19.3. The Hall–Kier alpha value is -5.76. The molecular formula is C49H52ClN7O6. The first-order valence-corrected chi connectivity index (χ1v) is 22.5. The number of ether oxygens (including phenoxy) is 1. The number of anilines is 1. The summed E-state index contributed by atoms with van der Waals surface area (Å²) in [5.41, 5.74) is 3.19. The summed E-state index contributed by atoms with van der Waals surface area (Å²) < 4.78 is 6.48. The SMILES string of the molecule is CCCC(CCC#Cc1ccc2c(n1)CN(C1C(C)(C)C(Oc3ccc(C#N)c(Cl)c3)C1(C)C)C2=O)N1CC2CN(c3ccc4c(c3)C(=O)N(C3CCC(=O)NC3=O)C4=O)CC2C1. The smallest absolute Gasteiger partial charge is 0.262 e. The van der Waals surface area contributed by atoms with Crippen molar-refractivity contribution in [1.29, 1.82) is 5.26 Å². The number of carbonyl (C=O) groups is 5. The predicted octanol–water partition coefficient (Wildman–Crippen LogP) is 6.21. The Balaban J connectivity index is 0.788. The van der Waals surface area contributed by atoms with Gasteiger partial charge in [-0.1, -0.05) is 58.6 Å². The zero-order valence-corrected chi connectivity index (χ0v) is 37.1. The monoisotopic (exact) mass is 869 g/mol. The lowest BCUT2D eigenvalue weighted by Crippen LogP contribution is -2.74. The molecule has 4 unspecified atom stereocenters. The molecule has 1 saturated carbocycles. The van der Waals surface area contributed by atoms with E-state index in [1.54, 1.807) is 30.3 Å². The normalized spacial score (nSPS) is 26.1. The number of halogens is 1. The summed E-state index contributed by atoms with van der Waals surface area (Å²) in [5, 5.41) is 11.9. The molecule has 1 aromatic heterocycles. The largest absolute Gasteiger partial charge is 0.489 e. The van der Waals surface area contributed by atoms with Crippen LogP contribution in [0.15, 0.2) is 48.5 Å². The third-order valence-electron chi connectivity index (χ3n) is 14.4. The van der Waals surface area contributed by atoms with Crippen LogP contribution in [0.4, 0.5) is 5.69 Å². The summed E-state index contributed by atoms with van der Waals surface area (Å²) in [4.78, 5) is 77.5. The number of nitrogens with zero attached hydrogens (tertiary/aromatic N) is 6. The Labute approximate surface area is 373 Å². The molecule has 1 N–H and O–H groups in total. The molecule has 5 amide bonds. The number of pyridine rings is 1. The minimum atomic E-state index is -0.980. The minimum Gasteiger partial charge on any atom is -0.489 e. The molecule has 9 rings (SSSR count). The zero-order chi connectivity index (χ0) is 44.5. The Morgan fingerprint density at radius 1 is 0.889 bits per heavy atom. The van der Waals surface area contributed by atoms with Crippen LogP contribution in [0.5, 0.6) is 5.75 Å². The van der Waals surface area contributed by atoms with Crippen molar-refractivity contribution >= 4 is 46.8 Å². The van der Waals surface area contributed by atoms with Gasteiger partial charge in [-0.25, -0.2) is 4.98 Å². The van der Waals surface area contributed by atoms with Crippen LogP contribution < -0.4 is 15.0 Å². The van der Waals surface area contributed by atoms with Gasteiger partial charge in [0.05, 0.1) is 39.5 Å². The maximum absolute atomic E-state index is 13.8. The van der Waals surface area contributed by atoms with Crippen LogP contribution in [0.3, 0.4) is 0 Å². The van der Waals surface area contributed by atoms with Gasteiger partial charge in [-0.3, -0.25) is 39.1 Å². The van der Waals surface area contributed by atoms with Gasteiger partial charge < -0.3 is 14.5 Å². The Bertz CT molecular complexity index is 2530. The van der Waals surface area contributed by atoms with E-state index < -0.39 is 29.7 Å². The minimum absolute atomic E-state index is 0.0267. The number of rotatable bonds is 10. The second-order valence-corrected chi connectivity index (χ2v) is 19.7. The molecule has 6 heterocycles. The number of likely N-dealkylation sites (tertiary alicyclic amines) is 1. The fourth-order valence-electron chi connectivity index (χ4n) is 11.9. The van der Waals surface area contributed by atoms with Gasteiger partial charge in [0.25, 0.3) is 17.7 Å². The van der Waals surface area contributed by atoms with Crippen molar-refractivity contribution in [1.82, 2.24) is 25.0 Å². The van der Waals surface area contributed by atoms with Crippen molar-refractivity contribution < 1.29 is 28.7 Å². The summed E-state index contributed by atoms with van der Waals surface area (Å²) in [5.74, 6) is 6.24. The molecule has 326 valence electrons. The van der Waals surface area contributed by atoms with E-state index >= 15 is 0 Å². The van der Waals surface area contributed by atoms with Crippen molar-refractivity contribution in [3.05, 3.63) is 87.2 Å². The lowest BCUT2D eigenvalue weighted by molar-refractivity contribution is -0.199. The van der Waals surface area contributed by atoms with Gasteiger partial charge >= 0.3 is 0 Å². The number of amides is 5. The van der Waals surface area contributed by atoms with E-state index in [0.717, 1.165) is 68.1 Å². The fraction of sp³-hybridized carbons (Fsp3) is 0.490. The first kappa shape index (κ1) is 42.5. The van der Waals surface area contributed by atoms with E-state index in [4.69, 9.17) is 21.3 Å². The highest BCUT2D eigenvalue weighted by Gasteiger charge is 2.67. The van der Waals surface area contributed by atoms with Crippen LogP contribution >= 0.6 is 11.6 Å². The number of aromatic nitrogens is 1. The third kappa shape index (κ3) is 7.33. The Morgan fingerprint density at radius 3 is 2.29 bits per heavy atom. The molecule has 2 aromatic carbocycles. The molecule has 6 aliphatic rings. The van der Waals surface area contributed by atoms with Crippen LogP contribution in [-0.2, 0) is 16.1 Å². The maximum Gasteiger partial charge on any atom is 0.262 e. The summed E-state index contributed by atoms with van der Waals surface area (Å²) in [6, 6.07) is 15.6. The van der Waals surface area contributed by atoms with E-state index in [2.05, 4.69) is 67.6 Å². The number of fused-ring (bicyclic) bond motifs is 3. The summed E-state index contributed by atoms with van der Waals surface area (Å²) >= 11 is 6.30. The average molecular weight is 870 g/mol. The van der Waals surface area contributed by atoms with Crippen molar-refractivity contribution in [2.45, 2.75) is 104 Å². The lowest BCUT2D eigenvalue weighted by Gasteiger charge is -2.65. The molecule has 4 fully saturated rings. The van der Waals surface area contributed by atoms with Gasteiger partial charge in [0.15, 0.2) is 0 Å². The lowest BCUT2D eigenvalue weighted by atomic mass is 9.49. The topological polar surface area (TPSA) is 156 Å². The molecule has 13 nitrogen and oxygen atoms in total. The van der Waals surface area contributed by atoms with Crippen molar-refractivity contribution in [3.8, 4) is 23.7 Å². The van der Waals surface area contributed by atoms with Gasteiger partial charge in [0.1, 0.15) is 29.7 Å². The number of hydrogen-bond donors (Lipinski definition) is 1. The molecular weight excluding hydrogens is 818 g/mol. The summed E-state index contributed by atoms with van der Waals surface area (Å²) in [6.07, 6.45) is 3.88.